The number of hydrogen-bond donors (Lipinski definition) is 0. The van der Waals surface area contributed by atoms with Gasteiger partial charge in [0.25, 0.3) is 0 Å². The highest BCUT2D eigenvalue weighted by Crippen LogP contribution is 2.74. The van der Waals surface area contributed by atoms with Gasteiger partial charge in [-0.2, -0.15) is 5.26 Å². The third-order valence-corrected chi connectivity index (χ3v) is 13.0. The van der Waals surface area contributed by atoms with Crippen LogP contribution in [0.3, 0.4) is 0 Å². The second-order valence-corrected chi connectivity index (χ2v) is 15.6. The van der Waals surface area contributed by atoms with Crippen molar-refractivity contribution < 1.29 is 23.9 Å². The third kappa shape index (κ3) is 3.55. The second kappa shape index (κ2) is 8.88. The van der Waals surface area contributed by atoms with E-state index in [0.717, 1.165) is 31.3 Å². The summed E-state index contributed by atoms with van der Waals surface area (Å²) in [6.45, 7) is 12.7. The molecular weight excluding hydrogens is 516 g/mol. The maximum atomic E-state index is 14.5. The Morgan fingerprint density at radius 2 is 1.63 bits per heavy atom. The minimum absolute atomic E-state index is 0.00583. The average molecular weight is 563 g/mol. The average Bonchev–Trinajstić information content (AvgIpc) is 2.90. The summed E-state index contributed by atoms with van der Waals surface area (Å²) in [5.41, 5.74) is -2.79. The van der Waals surface area contributed by atoms with Gasteiger partial charge in [0.05, 0.1) is 18.1 Å². The molecule has 7 heteroatoms. The minimum atomic E-state index is -1.40. The Hall–Kier alpha value is -2.75. The van der Waals surface area contributed by atoms with E-state index in [1.165, 1.54) is 12.0 Å². The van der Waals surface area contributed by atoms with E-state index in [1.807, 2.05) is 6.92 Å². The summed E-state index contributed by atoms with van der Waals surface area (Å²) >= 11 is 0. The quantitative estimate of drug-likeness (QED) is 0.328. The van der Waals surface area contributed by atoms with Crippen LogP contribution in [0.25, 0.3) is 0 Å². The number of esters is 1. The van der Waals surface area contributed by atoms with Gasteiger partial charge in [-0.1, -0.05) is 46.3 Å². The normalized spacial score (nSPS) is 44.5. The van der Waals surface area contributed by atoms with E-state index >= 15 is 0 Å². The highest BCUT2D eigenvalue weighted by molar-refractivity contribution is 6.16. The zero-order valence-electron chi connectivity index (χ0n) is 26.3. The van der Waals surface area contributed by atoms with Crippen LogP contribution < -0.4 is 0 Å². The van der Waals surface area contributed by atoms with E-state index in [4.69, 9.17) is 4.74 Å². The van der Waals surface area contributed by atoms with Crippen molar-refractivity contribution >= 4 is 23.4 Å². The van der Waals surface area contributed by atoms with E-state index in [1.54, 1.807) is 33.2 Å². The minimum Gasteiger partial charge on any atom is -0.469 e. The molecule has 5 aliphatic carbocycles. The van der Waals surface area contributed by atoms with Crippen molar-refractivity contribution in [2.45, 2.75) is 86.5 Å². The van der Waals surface area contributed by atoms with Crippen LogP contribution in [-0.4, -0.2) is 49.5 Å². The smallest absolute Gasteiger partial charge is 0.312 e. The fourth-order valence-corrected chi connectivity index (χ4v) is 10.6. The van der Waals surface area contributed by atoms with Gasteiger partial charge < -0.3 is 9.64 Å². The molecular formula is C34H46N2O5. The molecule has 0 aromatic heterocycles. The maximum absolute atomic E-state index is 14.5. The van der Waals surface area contributed by atoms with E-state index < -0.39 is 32.9 Å². The molecule has 0 bridgehead atoms. The molecule has 3 unspecified atom stereocenters. The largest absolute Gasteiger partial charge is 0.469 e. The topological polar surface area (TPSA) is 105 Å². The van der Waals surface area contributed by atoms with E-state index in [0.29, 0.717) is 19.3 Å². The van der Waals surface area contributed by atoms with Crippen molar-refractivity contribution in [3.63, 3.8) is 0 Å². The number of amides is 1. The SMILES string of the molecule is COC(=O)[C@]12CCC(C)(C)CC1C1C(=O)C=C3[C@@]4(C)C=C(C#N)C(=O)[C@@](C)(C(=O)N(C)C)C4CC[C@@]3(C)[C@]1(C)CC2. The second-order valence-electron chi connectivity index (χ2n) is 15.6. The predicted octanol–water partition coefficient (Wildman–Crippen LogP) is 5.45. The zero-order valence-corrected chi connectivity index (χ0v) is 26.3. The number of ketones is 2. The summed E-state index contributed by atoms with van der Waals surface area (Å²) in [6, 6.07) is 2.09. The lowest BCUT2D eigenvalue weighted by Gasteiger charge is -2.68. The molecule has 7 nitrogen and oxygen atoms in total. The number of Topliss-reactive ketones (excluding diaryl/α,β-unsaturated/α-hetero) is 1. The molecule has 0 N–H and O–H groups in total. The number of carbonyl (C=O) groups is 4. The molecule has 0 aromatic rings. The van der Waals surface area contributed by atoms with Crippen LogP contribution in [0.2, 0.25) is 0 Å². The summed E-state index contributed by atoms with van der Waals surface area (Å²) in [4.78, 5) is 56.8. The molecule has 0 aromatic carbocycles. The van der Waals surface area contributed by atoms with E-state index in [2.05, 4.69) is 33.8 Å². The first kappa shape index (κ1) is 29.7. The fourth-order valence-electron chi connectivity index (χ4n) is 10.6. The first-order valence-corrected chi connectivity index (χ1v) is 15.1. The van der Waals surface area contributed by atoms with E-state index in [9.17, 15) is 24.4 Å². The number of nitrogens with zero attached hydrogens (tertiary/aromatic N) is 2. The van der Waals surface area contributed by atoms with Crippen LogP contribution in [0.5, 0.6) is 0 Å². The Bertz CT molecular complexity index is 1350. The highest BCUT2D eigenvalue weighted by Gasteiger charge is 2.72. The summed E-state index contributed by atoms with van der Waals surface area (Å²) in [5, 5.41) is 10.1. The number of rotatable bonds is 2. The van der Waals surface area contributed by atoms with Crippen LogP contribution in [0.1, 0.15) is 86.5 Å². The van der Waals surface area contributed by atoms with Crippen molar-refractivity contribution in [2.75, 3.05) is 21.2 Å². The first-order valence-electron chi connectivity index (χ1n) is 15.1. The zero-order chi connectivity index (χ0) is 30.6. The molecule has 0 heterocycles. The fraction of sp³-hybridized carbons (Fsp3) is 0.735. The van der Waals surface area contributed by atoms with Crippen LogP contribution in [-0.2, 0) is 23.9 Å². The van der Waals surface area contributed by atoms with Crippen molar-refractivity contribution in [3.05, 3.63) is 23.3 Å². The van der Waals surface area contributed by atoms with Gasteiger partial charge in [-0.15, -0.1) is 0 Å². The number of carbonyl (C=O) groups excluding carboxylic acids is 4. The molecule has 0 aliphatic heterocycles. The lowest BCUT2D eigenvalue weighted by molar-refractivity contribution is -0.191. The molecule has 8 atom stereocenters. The Balaban J connectivity index is 1.71. The van der Waals surface area contributed by atoms with Crippen molar-refractivity contribution in [3.8, 4) is 6.07 Å². The van der Waals surface area contributed by atoms with Gasteiger partial charge in [0, 0.05) is 25.4 Å². The Kier molecular flexibility index (Phi) is 6.44. The van der Waals surface area contributed by atoms with Gasteiger partial charge in [-0.25, -0.2) is 0 Å². The van der Waals surface area contributed by atoms with Gasteiger partial charge in [0.1, 0.15) is 11.5 Å². The Morgan fingerprint density at radius 1 is 1.00 bits per heavy atom. The van der Waals surface area contributed by atoms with Crippen LogP contribution in [0.4, 0.5) is 0 Å². The molecule has 3 saturated carbocycles. The van der Waals surface area contributed by atoms with Crippen molar-refractivity contribution in [1.29, 1.82) is 5.26 Å². The van der Waals surface area contributed by atoms with Gasteiger partial charge in [-0.05, 0) is 86.0 Å². The third-order valence-electron chi connectivity index (χ3n) is 13.0. The Labute approximate surface area is 244 Å². The molecule has 0 radical (unpaired) electrons. The summed E-state index contributed by atoms with van der Waals surface area (Å²) in [6.07, 6.45) is 8.73. The Morgan fingerprint density at radius 3 is 2.22 bits per heavy atom. The molecule has 0 saturated heterocycles. The summed E-state index contributed by atoms with van der Waals surface area (Å²) in [7, 11) is 4.75. The molecule has 41 heavy (non-hydrogen) atoms. The van der Waals surface area contributed by atoms with Gasteiger partial charge in [-0.3, -0.25) is 19.2 Å². The predicted molar refractivity (Wildman–Crippen MR) is 154 cm³/mol. The van der Waals surface area contributed by atoms with Crippen LogP contribution in [0, 0.1) is 61.6 Å². The number of nitriles is 1. The number of hydrogen-bond acceptors (Lipinski definition) is 6. The molecule has 5 rings (SSSR count). The standard InChI is InChI=1S/C34H46N2O5/c1-29(2)12-14-34(28(40)41-9)15-13-32(5)25(21(34)18-29)22(37)16-24-30(3)17-20(19-35)26(38)33(6,27(39)36(7)8)23(30)10-11-31(24,32)4/h16-17,21,23,25H,10-15,18H2,1-9H3/t21?,23?,25?,30-,31+,32+,33-,34-/m0/s1. The lowest BCUT2D eigenvalue weighted by atomic mass is 9.34. The van der Waals surface area contributed by atoms with Gasteiger partial charge in [0.15, 0.2) is 11.6 Å². The summed E-state index contributed by atoms with van der Waals surface area (Å²) in [5.74, 6) is -1.72. The first-order chi connectivity index (χ1) is 18.9. The number of ether oxygens (including phenoxy) is 1. The van der Waals surface area contributed by atoms with E-state index in [-0.39, 0.29) is 46.4 Å². The lowest BCUT2D eigenvalue weighted by Crippen LogP contribution is -2.66. The number of allylic oxidation sites excluding steroid dienone is 4. The maximum Gasteiger partial charge on any atom is 0.312 e. The van der Waals surface area contributed by atoms with Crippen LogP contribution in [0.15, 0.2) is 23.3 Å². The van der Waals surface area contributed by atoms with Gasteiger partial charge in [0.2, 0.25) is 5.91 Å². The van der Waals surface area contributed by atoms with Gasteiger partial charge >= 0.3 is 5.97 Å². The molecule has 3 fully saturated rings. The molecule has 222 valence electrons. The number of fused-ring (bicyclic) bond motifs is 7. The number of methoxy groups -OCH3 is 1. The van der Waals surface area contributed by atoms with Crippen LogP contribution >= 0.6 is 0 Å². The monoisotopic (exact) mass is 562 g/mol. The highest BCUT2D eigenvalue weighted by atomic mass is 16.5. The van der Waals surface area contributed by atoms with Crippen molar-refractivity contribution in [1.82, 2.24) is 4.90 Å². The summed E-state index contributed by atoms with van der Waals surface area (Å²) < 4.78 is 5.41. The molecule has 1 amide bonds. The van der Waals surface area contributed by atoms with Crippen molar-refractivity contribution in [2.24, 2.45) is 50.2 Å². The molecule has 5 aliphatic rings. The molecule has 0 spiro atoms.